The minimum Gasteiger partial charge on any atom is -0.332 e. The van der Waals surface area contributed by atoms with Crippen LogP contribution in [0.15, 0.2) is 5.11 Å². The Balaban J connectivity index is 3.93. The predicted molar refractivity (Wildman–Crippen MR) is 45.1 cm³/mol. The number of amides is 1. The Bertz CT molecular complexity index is 236. The Morgan fingerprint density at radius 1 is 1.83 bits per heavy atom. The second-order valence-corrected chi connectivity index (χ2v) is 1.98. The maximum atomic E-state index is 10.9. The lowest BCUT2D eigenvalue weighted by Crippen LogP contribution is -2.31. The zero-order valence-electron chi connectivity index (χ0n) is 6.90. The number of terminal acetylenes is 1. The van der Waals surface area contributed by atoms with Crippen LogP contribution < -0.4 is 0 Å². The van der Waals surface area contributed by atoms with Crippen molar-refractivity contribution in [1.82, 2.24) is 4.90 Å². The van der Waals surface area contributed by atoms with Crippen molar-refractivity contribution in [3.05, 3.63) is 10.4 Å². The van der Waals surface area contributed by atoms with Crippen molar-refractivity contribution in [3.63, 3.8) is 0 Å². The van der Waals surface area contributed by atoms with Crippen molar-refractivity contribution >= 4 is 5.91 Å². The van der Waals surface area contributed by atoms with Crippen molar-refractivity contribution in [2.45, 2.75) is 6.92 Å². The van der Waals surface area contributed by atoms with Crippen LogP contribution in [-0.4, -0.2) is 30.4 Å². The molecule has 0 aromatic rings. The van der Waals surface area contributed by atoms with Crippen LogP contribution in [0.25, 0.3) is 10.4 Å². The molecular weight excluding hydrogens is 156 g/mol. The molecule has 1 amide bonds. The van der Waals surface area contributed by atoms with Gasteiger partial charge in [0.1, 0.15) is 0 Å². The third-order valence-electron chi connectivity index (χ3n) is 1.33. The molecule has 5 heteroatoms. The molecule has 0 atom stereocenters. The van der Waals surface area contributed by atoms with Crippen LogP contribution in [0, 0.1) is 12.3 Å². The summed E-state index contributed by atoms with van der Waals surface area (Å²) >= 11 is 0. The van der Waals surface area contributed by atoms with Crippen LogP contribution in [0.3, 0.4) is 0 Å². The Labute approximate surface area is 71.0 Å². The van der Waals surface area contributed by atoms with Gasteiger partial charge in [-0.25, -0.2) is 0 Å². The van der Waals surface area contributed by atoms with Crippen molar-refractivity contribution in [2.24, 2.45) is 5.11 Å². The Morgan fingerprint density at radius 2 is 2.50 bits per heavy atom. The molecule has 0 aromatic carbocycles. The summed E-state index contributed by atoms with van der Waals surface area (Å²) in [6, 6.07) is 0. The molecule has 0 aliphatic heterocycles. The summed E-state index contributed by atoms with van der Waals surface area (Å²) in [5.41, 5.74) is 7.96. The first kappa shape index (κ1) is 10.3. The maximum Gasteiger partial charge on any atom is 0.298 e. The van der Waals surface area contributed by atoms with Gasteiger partial charge in [0.2, 0.25) is 0 Å². The summed E-state index contributed by atoms with van der Waals surface area (Å²) in [4.78, 5) is 14.9. The smallest absolute Gasteiger partial charge is 0.298 e. The van der Waals surface area contributed by atoms with Crippen LogP contribution in [0.5, 0.6) is 0 Å². The normalized spacial score (nSPS) is 8.00. The molecule has 64 valence electrons. The van der Waals surface area contributed by atoms with E-state index in [0.29, 0.717) is 13.1 Å². The number of likely N-dealkylation sites (N-methyl/N-ethyl adjacent to an activating group) is 1. The van der Waals surface area contributed by atoms with Crippen LogP contribution in [0.2, 0.25) is 0 Å². The Morgan fingerprint density at radius 3 is 2.92 bits per heavy atom. The fourth-order valence-electron chi connectivity index (χ4n) is 0.705. The number of hydrogen-bond acceptors (Lipinski definition) is 2. The van der Waals surface area contributed by atoms with Crippen LogP contribution in [0.4, 0.5) is 0 Å². The fraction of sp³-hybridized carbons (Fsp3) is 0.571. The van der Waals surface area contributed by atoms with Gasteiger partial charge in [-0.15, -0.1) is 6.42 Å². The first-order valence-corrected chi connectivity index (χ1v) is 3.52. The molecule has 0 bridgehead atoms. The molecule has 0 aliphatic carbocycles. The third kappa shape index (κ3) is 3.49. The van der Waals surface area contributed by atoms with Gasteiger partial charge in [0.25, 0.3) is 5.91 Å². The highest BCUT2D eigenvalue weighted by Gasteiger charge is 2.05. The zero-order valence-corrected chi connectivity index (χ0v) is 6.90. The first-order chi connectivity index (χ1) is 5.76. The van der Waals surface area contributed by atoms with Gasteiger partial charge in [0, 0.05) is 24.5 Å². The van der Waals surface area contributed by atoms with Crippen molar-refractivity contribution in [1.29, 1.82) is 0 Å². The lowest BCUT2D eigenvalue weighted by molar-refractivity contribution is -0.124. The van der Waals surface area contributed by atoms with Crippen LogP contribution in [-0.2, 0) is 4.79 Å². The summed E-state index contributed by atoms with van der Waals surface area (Å²) in [6.45, 7) is 2.98. The molecule has 0 rings (SSSR count). The van der Waals surface area contributed by atoms with Crippen LogP contribution >= 0.6 is 0 Å². The van der Waals surface area contributed by atoms with Crippen LogP contribution in [0.1, 0.15) is 6.92 Å². The number of rotatable bonds is 4. The van der Waals surface area contributed by atoms with E-state index in [1.807, 2.05) is 12.8 Å². The van der Waals surface area contributed by atoms with E-state index < -0.39 is 0 Å². The van der Waals surface area contributed by atoms with Crippen molar-refractivity contribution in [3.8, 4) is 12.3 Å². The topological polar surface area (TPSA) is 69.1 Å². The molecule has 0 N–H and O–H groups in total. The van der Waals surface area contributed by atoms with Crippen molar-refractivity contribution in [2.75, 3.05) is 19.6 Å². The number of carbonyl (C=O) groups excluding carboxylic acids is 1. The third-order valence-corrected chi connectivity index (χ3v) is 1.33. The molecule has 0 unspecified atom stereocenters. The van der Waals surface area contributed by atoms with E-state index in [9.17, 15) is 4.79 Å². The predicted octanol–water partition coefficient (Wildman–Crippen LogP) is 0.778. The van der Waals surface area contributed by atoms with E-state index in [1.54, 1.807) is 0 Å². The summed E-state index contributed by atoms with van der Waals surface area (Å²) in [5, 5.41) is 3.29. The zero-order chi connectivity index (χ0) is 9.40. The molecule has 0 saturated heterocycles. The minimum atomic E-state index is -0.370. The standard InChI is InChI=1S/C7H10N4O/c1-3-7(12)11(4-2)6-5-9-10-8/h1H,4-6H2,2H3. The molecule has 0 radical (unpaired) electrons. The molecule has 0 aliphatic rings. The van der Waals surface area contributed by atoms with E-state index >= 15 is 0 Å². The Hall–Kier alpha value is -1.66. The first-order valence-electron chi connectivity index (χ1n) is 3.52. The number of carbonyl (C=O) groups is 1. The van der Waals surface area contributed by atoms with Gasteiger partial charge >= 0.3 is 0 Å². The summed E-state index contributed by atoms with van der Waals surface area (Å²) in [7, 11) is 0. The second-order valence-electron chi connectivity index (χ2n) is 1.98. The SMILES string of the molecule is C#CC(=O)N(CC)CCN=[N+]=[N-]. The number of azide groups is 1. The van der Waals surface area contributed by atoms with Gasteiger partial charge in [-0.2, -0.15) is 0 Å². The van der Waals surface area contributed by atoms with Gasteiger partial charge in [0.15, 0.2) is 0 Å². The quantitative estimate of drug-likeness (QED) is 0.263. The van der Waals surface area contributed by atoms with Gasteiger partial charge in [0.05, 0.1) is 0 Å². The average Bonchev–Trinajstić information content (AvgIpc) is 2.11. The molecule has 0 heterocycles. The van der Waals surface area contributed by atoms with E-state index in [2.05, 4.69) is 10.0 Å². The fourth-order valence-corrected chi connectivity index (χ4v) is 0.705. The molecule has 0 spiro atoms. The summed E-state index contributed by atoms with van der Waals surface area (Å²) in [6.07, 6.45) is 4.91. The molecule has 0 saturated carbocycles. The Kier molecular flexibility index (Phi) is 5.24. The highest BCUT2D eigenvalue weighted by molar-refractivity contribution is 5.92. The number of hydrogen-bond donors (Lipinski definition) is 0. The lowest BCUT2D eigenvalue weighted by Gasteiger charge is -2.15. The summed E-state index contributed by atoms with van der Waals surface area (Å²) in [5.74, 6) is 1.63. The highest BCUT2D eigenvalue weighted by Crippen LogP contribution is 1.88. The molecule has 0 fully saturated rings. The second kappa shape index (κ2) is 6.08. The van der Waals surface area contributed by atoms with Gasteiger partial charge < -0.3 is 4.90 Å². The van der Waals surface area contributed by atoms with E-state index in [4.69, 9.17) is 12.0 Å². The molecule has 5 nitrogen and oxygen atoms in total. The van der Waals surface area contributed by atoms with Gasteiger partial charge in [-0.3, -0.25) is 4.79 Å². The van der Waals surface area contributed by atoms with E-state index in [1.165, 1.54) is 4.90 Å². The molecular formula is C7H10N4O. The van der Waals surface area contributed by atoms with E-state index in [-0.39, 0.29) is 12.5 Å². The highest BCUT2D eigenvalue weighted by atomic mass is 16.2. The maximum absolute atomic E-state index is 10.9. The summed E-state index contributed by atoms with van der Waals surface area (Å²) < 4.78 is 0. The largest absolute Gasteiger partial charge is 0.332 e. The van der Waals surface area contributed by atoms with E-state index in [0.717, 1.165) is 0 Å². The molecule has 12 heavy (non-hydrogen) atoms. The average molecular weight is 166 g/mol. The lowest BCUT2D eigenvalue weighted by atomic mass is 10.4. The monoisotopic (exact) mass is 166 g/mol. The van der Waals surface area contributed by atoms with Gasteiger partial charge in [-0.05, 0) is 18.4 Å². The van der Waals surface area contributed by atoms with Gasteiger partial charge in [-0.1, -0.05) is 5.11 Å². The molecule has 0 aromatic heterocycles. The number of nitrogens with zero attached hydrogens (tertiary/aromatic N) is 4. The minimum absolute atomic E-state index is 0.262. The van der Waals surface area contributed by atoms with Crippen molar-refractivity contribution < 1.29 is 4.79 Å².